The average Bonchev–Trinajstić information content (AvgIpc) is 2.72. The summed E-state index contributed by atoms with van der Waals surface area (Å²) in [7, 11) is 0. The van der Waals surface area contributed by atoms with Crippen LogP contribution in [0.2, 0.25) is 0 Å². The number of pyridine rings is 1. The molecule has 0 aliphatic rings. The Morgan fingerprint density at radius 3 is 2.67 bits per heavy atom. The lowest BCUT2D eigenvalue weighted by atomic mass is 10.2. The van der Waals surface area contributed by atoms with E-state index in [-0.39, 0.29) is 10.6 Å². The Morgan fingerprint density at radius 2 is 2.14 bits per heavy atom. The molecule has 114 valence electrons. The summed E-state index contributed by atoms with van der Waals surface area (Å²) in [4.78, 5) is 17.9. The van der Waals surface area contributed by atoms with E-state index in [9.17, 15) is 18.0 Å². The van der Waals surface area contributed by atoms with Gasteiger partial charge < -0.3 is 10.6 Å². The number of fused-ring (bicyclic) bond motifs is 1. The van der Waals surface area contributed by atoms with Crippen molar-refractivity contribution in [3.8, 4) is 0 Å². The molecule has 0 bridgehead atoms. The fraction of sp³-hybridized carbons (Fsp3) is 0.385. The molecule has 2 aromatic heterocycles. The first-order valence-corrected chi connectivity index (χ1v) is 7.03. The molecule has 4 nitrogen and oxygen atoms in total. The second kappa shape index (κ2) is 5.51. The van der Waals surface area contributed by atoms with Crippen molar-refractivity contribution in [2.75, 3.05) is 12.3 Å². The highest BCUT2D eigenvalue weighted by atomic mass is 32.1. The van der Waals surface area contributed by atoms with Crippen LogP contribution in [0.25, 0.3) is 10.2 Å². The summed E-state index contributed by atoms with van der Waals surface area (Å²) in [5.74, 6) is -0.720. The molecule has 0 spiro atoms. The number of carbonyl (C=O) groups excluding carboxylic acids is 1. The zero-order valence-corrected chi connectivity index (χ0v) is 12.3. The standard InChI is InChI=1S/C13H14F3N3OS/c1-7(2)19(6-13(14,15)16)12(20)10-9(17)8-4-3-5-18-11(8)21-10/h3-5,7H,6,17H2,1-2H3. The maximum Gasteiger partial charge on any atom is 0.406 e. The SMILES string of the molecule is CC(C)N(CC(F)(F)F)C(=O)c1sc2ncccc2c1N. The van der Waals surface area contributed by atoms with E-state index in [4.69, 9.17) is 5.73 Å². The van der Waals surface area contributed by atoms with Gasteiger partial charge in [0.15, 0.2) is 0 Å². The summed E-state index contributed by atoms with van der Waals surface area (Å²) in [6.07, 6.45) is -2.91. The molecule has 2 N–H and O–H groups in total. The predicted octanol–water partition coefficient (Wildman–Crippen LogP) is 3.29. The van der Waals surface area contributed by atoms with Gasteiger partial charge in [-0.3, -0.25) is 4.79 Å². The number of amides is 1. The Bertz CT molecular complexity index is 666. The van der Waals surface area contributed by atoms with Crippen LogP contribution in [-0.4, -0.2) is 34.6 Å². The van der Waals surface area contributed by atoms with Gasteiger partial charge in [0.2, 0.25) is 0 Å². The lowest BCUT2D eigenvalue weighted by Gasteiger charge is -2.27. The minimum absolute atomic E-state index is 0.0988. The van der Waals surface area contributed by atoms with Crippen molar-refractivity contribution in [1.82, 2.24) is 9.88 Å². The van der Waals surface area contributed by atoms with Gasteiger partial charge in [-0.25, -0.2) is 4.98 Å². The summed E-state index contributed by atoms with van der Waals surface area (Å²) in [5, 5.41) is 0.585. The highest BCUT2D eigenvalue weighted by Crippen LogP contribution is 2.33. The van der Waals surface area contributed by atoms with E-state index in [0.717, 1.165) is 16.2 Å². The number of aromatic nitrogens is 1. The van der Waals surface area contributed by atoms with Crippen molar-refractivity contribution in [3.63, 3.8) is 0 Å². The molecule has 2 rings (SSSR count). The van der Waals surface area contributed by atoms with Crippen LogP contribution in [0.3, 0.4) is 0 Å². The molecule has 0 atom stereocenters. The lowest BCUT2D eigenvalue weighted by molar-refractivity contribution is -0.143. The smallest absolute Gasteiger partial charge is 0.397 e. The van der Waals surface area contributed by atoms with Crippen molar-refractivity contribution >= 4 is 33.1 Å². The summed E-state index contributed by atoms with van der Waals surface area (Å²) in [6.45, 7) is 1.77. The number of halogens is 3. The number of carbonyl (C=O) groups is 1. The maximum absolute atomic E-state index is 12.6. The Labute approximate surface area is 123 Å². The van der Waals surface area contributed by atoms with Crippen LogP contribution in [0.1, 0.15) is 23.5 Å². The van der Waals surface area contributed by atoms with Gasteiger partial charge in [-0.2, -0.15) is 13.2 Å². The molecule has 2 aromatic rings. The molecule has 8 heteroatoms. The van der Waals surface area contributed by atoms with Crippen LogP contribution in [0.15, 0.2) is 18.3 Å². The molecule has 0 unspecified atom stereocenters. The molecular weight excluding hydrogens is 303 g/mol. The van der Waals surface area contributed by atoms with Crippen LogP contribution < -0.4 is 5.73 Å². The highest BCUT2D eigenvalue weighted by Gasteiger charge is 2.35. The molecule has 21 heavy (non-hydrogen) atoms. The molecule has 0 radical (unpaired) electrons. The molecule has 0 aliphatic carbocycles. The van der Waals surface area contributed by atoms with Crippen LogP contribution >= 0.6 is 11.3 Å². The fourth-order valence-corrected chi connectivity index (χ4v) is 2.94. The van der Waals surface area contributed by atoms with Crippen molar-refractivity contribution in [3.05, 3.63) is 23.2 Å². The molecule has 0 saturated heterocycles. The number of anilines is 1. The van der Waals surface area contributed by atoms with E-state index in [0.29, 0.717) is 10.2 Å². The van der Waals surface area contributed by atoms with Gasteiger partial charge in [0.1, 0.15) is 16.3 Å². The van der Waals surface area contributed by atoms with E-state index in [1.165, 1.54) is 13.8 Å². The van der Waals surface area contributed by atoms with Gasteiger partial charge in [-0.15, -0.1) is 11.3 Å². The second-order valence-electron chi connectivity index (χ2n) is 4.84. The summed E-state index contributed by atoms with van der Waals surface area (Å²) in [5.41, 5.74) is 6.06. The van der Waals surface area contributed by atoms with Crippen LogP contribution in [0.5, 0.6) is 0 Å². The summed E-state index contributed by atoms with van der Waals surface area (Å²) >= 11 is 1.01. The first kappa shape index (κ1) is 15.6. The van der Waals surface area contributed by atoms with Crippen molar-refractivity contribution in [1.29, 1.82) is 0 Å². The van der Waals surface area contributed by atoms with E-state index in [1.807, 2.05) is 0 Å². The second-order valence-corrected chi connectivity index (χ2v) is 5.84. The van der Waals surface area contributed by atoms with Crippen molar-refractivity contribution in [2.45, 2.75) is 26.1 Å². The Morgan fingerprint density at radius 1 is 1.48 bits per heavy atom. The maximum atomic E-state index is 12.6. The van der Waals surface area contributed by atoms with Gasteiger partial charge in [0, 0.05) is 17.6 Å². The Kier molecular flexibility index (Phi) is 4.08. The number of alkyl halides is 3. The van der Waals surface area contributed by atoms with Crippen molar-refractivity contribution < 1.29 is 18.0 Å². The molecule has 0 aromatic carbocycles. The number of thiophene rings is 1. The Balaban J connectivity index is 2.41. The van der Waals surface area contributed by atoms with Gasteiger partial charge in [-0.05, 0) is 26.0 Å². The number of rotatable bonds is 3. The first-order valence-electron chi connectivity index (χ1n) is 6.21. The van der Waals surface area contributed by atoms with Crippen LogP contribution in [0, 0.1) is 0 Å². The highest BCUT2D eigenvalue weighted by molar-refractivity contribution is 7.21. The topological polar surface area (TPSA) is 59.2 Å². The number of hydrogen-bond donors (Lipinski definition) is 1. The molecule has 0 fully saturated rings. The van der Waals surface area contributed by atoms with E-state index >= 15 is 0 Å². The molecule has 0 saturated carbocycles. The third-order valence-corrected chi connectivity index (χ3v) is 4.05. The van der Waals surface area contributed by atoms with Crippen LogP contribution in [0.4, 0.5) is 18.9 Å². The number of nitrogens with two attached hydrogens (primary N) is 1. The van der Waals surface area contributed by atoms with E-state index in [1.54, 1.807) is 18.3 Å². The quantitative estimate of drug-likeness (QED) is 0.945. The largest absolute Gasteiger partial charge is 0.406 e. The Hall–Kier alpha value is -1.83. The summed E-state index contributed by atoms with van der Waals surface area (Å²) < 4.78 is 37.8. The minimum Gasteiger partial charge on any atom is -0.397 e. The van der Waals surface area contributed by atoms with E-state index in [2.05, 4.69) is 4.98 Å². The number of hydrogen-bond acceptors (Lipinski definition) is 4. The molecule has 0 aliphatic heterocycles. The van der Waals surface area contributed by atoms with Gasteiger partial charge in [0.05, 0.1) is 5.69 Å². The zero-order chi connectivity index (χ0) is 15.8. The first-order chi connectivity index (χ1) is 9.70. The predicted molar refractivity (Wildman–Crippen MR) is 76.3 cm³/mol. The molecule has 2 heterocycles. The average molecular weight is 317 g/mol. The van der Waals surface area contributed by atoms with Crippen molar-refractivity contribution in [2.24, 2.45) is 0 Å². The third-order valence-electron chi connectivity index (χ3n) is 2.93. The fourth-order valence-electron chi connectivity index (χ4n) is 1.92. The molecular formula is C13H14F3N3OS. The van der Waals surface area contributed by atoms with Gasteiger partial charge in [-0.1, -0.05) is 0 Å². The zero-order valence-electron chi connectivity index (χ0n) is 11.4. The molecule has 1 amide bonds. The monoisotopic (exact) mass is 317 g/mol. The third kappa shape index (κ3) is 3.26. The van der Waals surface area contributed by atoms with Crippen LogP contribution in [-0.2, 0) is 0 Å². The van der Waals surface area contributed by atoms with Gasteiger partial charge in [0.25, 0.3) is 5.91 Å². The number of nitrogens with zero attached hydrogens (tertiary/aromatic N) is 2. The van der Waals surface area contributed by atoms with Gasteiger partial charge >= 0.3 is 6.18 Å². The lowest BCUT2D eigenvalue weighted by Crippen LogP contribution is -2.43. The minimum atomic E-state index is -4.45. The van der Waals surface area contributed by atoms with E-state index < -0.39 is 24.7 Å². The normalized spacial score (nSPS) is 12.1. The summed E-state index contributed by atoms with van der Waals surface area (Å²) in [6, 6.07) is 2.76. The number of nitrogen functional groups attached to an aromatic ring is 1.